The van der Waals surface area contributed by atoms with Gasteiger partial charge in [-0.05, 0) is 44.9 Å². The maximum Gasteiger partial charge on any atom is 0.231 e. The summed E-state index contributed by atoms with van der Waals surface area (Å²) in [7, 11) is 0. The fourth-order valence-electron chi connectivity index (χ4n) is 3.60. The Kier molecular flexibility index (Phi) is 4.86. The molecule has 1 atom stereocenters. The van der Waals surface area contributed by atoms with Crippen LogP contribution < -0.4 is 10.2 Å². The zero-order chi connectivity index (χ0) is 19.0. The van der Waals surface area contributed by atoms with Crippen LogP contribution in [-0.4, -0.2) is 29.0 Å². The molecule has 1 aliphatic heterocycles. The first-order chi connectivity index (χ1) is 13.0. The molecule has 1 aromatic carbocycles. The molecule has 1 amide bonds. The van der Waals surface area contributed by atoms with Gasteiger partial charge in [-0.2, -0.15) is 0 Å². The van der Waals surface area contributed by atoms with Gasteiger partial charge in [0.15, 0.2) is 0 Å². The van der Waals surface area contributed by atoms with Crippen molar-refractivity contribution < 1.29 is 9.21 Å². The number of amides is 1. The van der Waals surface area contributed by atoms with Crippen LogP contribution in [0, 0.1) is 19.8 Å². The van der Waals surface area contributed by atoms with Gasteiger partial charge in [-0.3, -0.25) is 4.79 Å². The number of aryl methyl sites for hydroxylation is 2. The van der Waals surface area contributed by atoms with Crippen molar-refractivity contribution in [3.63, 3.8) is 0 Å². The Balaban J connectivity index is 1.56. The molecule has 0 aliphatic carbocycles. The summed E-state index contributed by atoms with van der Waals surface area (Å²) in [5, 5.41) is 3.98. The minimum atomic E-state index is -0.0870. The van der Waals surface area contributed by atoms with Crippen LogP contribution in [0.15, 0.2) is 39.5 Å². The third-order valence-corrected chi connectivity index (χ3v) is 5.62. The number of nitrogens with zero attached hydrogens (tertiary/aromatic N) is 3. The number of carbonyl (C=O) groups excluding carboxylic acids is 1. The summed E-state index contributed by atoms with van der Waals surface area (Å²) in [6.07, 6.45) is 3.34. The zero-order valence-corrected chi connectivity index (χ0v) is 16.9. The van der Waals surface area contributed by atoms with Crippen molar-refractivity contribution in [2.24, 2.45) is 5.92 Å². The Labute approximate surface area is 166 Å². The Bertz CT molecular complexity index is 1000. The number of furan rings is 1. The van der Waals surface area contributed by atoms with Crippen LogP contribution in [0.2, 0.25) is 0 Å². The van der Waals surface area contributed by atoms with Crippen molar-refractivity contribution in [2.45, 2.75) is 26.7 Å². The molecule has 0 radical (unpaired) electrons. The maximum atomic E-state index is 12.8. The van der Waals surface area contributed by atoms with Crippen LogP contribution in [0.25, 0.3) is 11.1 Å². The predicted octanol–water partition coefficient (Wildman–Crippen LogP) is 4.46. The van der Waals surface area contributed by atoms with Crippen molar-refractivity contribution in [3.05, 3.63) is 46.4 Å². The minimum absolute atomic E-state index is 0.0446. The number of halogens is 1. The van der Waals surface area contributed by atoms with Crippen molar-refractivity contribution in [1.29, 1.82) is 0 Å². The second kappa shape index (κ2) is 7.31. The third kappa shape index (κ3) is 3.56. The van der Waals surface area contributed by atoms with Gasteiger partial charge in [0.2, 0.25) is 11.6 Å². The smallest absolute Gasteiger partial charge is 0.231 e. The lowest BCUT2D eigenvalue weighted by molar-refractivity contribution is -0.120. The molecule has 4 rings (SSSR count). The first kappa shape index (κ1) is 18.0. The van der Waals surface area contributed by atoms with Gasteiger partial charge in [-0.15, -0.1) is 0 Å². The summed E-state index contributed by atoms with van der Waals surface area (Å²) in [6.45, 7) is 5.47. The number of piperidine rings is 1. The van der Waals surface area contributed by atoms with Gasteiger partial charge in [0.1, 0.15) is 17.9 Å². The number of fused-ring (bicyclic) bond motifs is 1. The lowest BCUT2D eigenvalue weighted by atomic mass is 9.96. The van der Waals surface area contributed by atoms with E-state index in [1.165, 1.54) is 6.33 Å². The molecule has 2 aromatic heterocycles. The van der Waals surface area contributed by atoms with Gasteiger partial charge in [0.05, 0.1) is 11.3 Å². The van der Waals surface area contributed by atoms with Gasteiger partial charge in [-0.1, -0.05) is 22.0 Å². The molecule has 1 unspecified atom stereocenters. The first-order valence-corrected chi connectivity index (χ1v) is 9.84. The molecule has 1 aliphatic rings. The largest absolute Gasteiger partial charge is 0.443 e. The molecule has 0 bridgehead atoms. The number of carbonyl (C=O) groups is 1. The molecule has 1 fully saturated rings. The van der Waals surface area contributed by atoms with Crippen LogP contribution in [0.1, 0.15) is 24.2 Å². The van der Waals surface area contributed by atoms with Crippen LogP contribution in [0.5, 0.6) is 0 Å². The topological polar surface area (TPSA) is 71.3 Å². The summed E-state index contributed by atoms with van der Waals surface area (Å²) in [5.41, 5.74) is 2.47. The zero-order valence-electron chi connectivity index (χ0n) is 15.3. The van der Waals surface area contributed by atoms with Crippen molar-refractivity contribution >= 4 is 44.4 Å². The second-order valence-electron chi connectivity index (χ2n) is 6.95. The van der Waals surface area contributed by atoms with Gasteiger partial charge >= 0.3 is 0 Å². The van der Waals surface area contributed by atoms with Crippen molar-refractivity contribution in [3.8, 4) is 0 Å². The molecule has 3 heterocycles. The highest BCUT2D eigenvalue weighted by molar-refractivity contribution is 9.10. The van der Waals surface area contributed by atoms with E-state index in [2.05, 4.69) is 36.1 Å². The van der Waals surface area contributed by atoms with Crippen LogP contribution in [0.4, 0.5) is 11.5 Å². The fraction of sp³-hybridized carbons (Fsp3) is 0.350. The normalized spacial score (nSPS) is 17.3. The average molecular weight is 429 g/mol. The number of benzene rings is 1. The Morgan fingerprint density at radius 3 is 3.00 bits per heavy atom. The maximum absolute atomic E-state index is 12.8. The van der Waals surface area contributed by atoms with E-state index in [1.54, 1.807) is 0 Å². The quantitative estimate of drug-likeness (QED) is 0.666. The van der Waals surface area contributed by atoms with E-state index in [0.717, 1.165) is 52.1 Å². The van der Waals surface area contributed by atoms with Gasteiger partial charge in [0, 0.05) is 28.8 Å². The van der Waals surface area contributed by atoms with Crippen LogP contribution >= 0.6 is 15.9 Å². The number of hydrogen-bond acceptors (Lipinski definition) is 5. The minimum Gasteiger partial charge on any atom is -0.443 e. The molecule has 6 nitrogen and oxygen atoms in total. The predicted molar refractivity (Wildman–Crippen MR) is 109 cm³/mol. The molecular weight excluding hydrogens is 408 g/mol. The molecule has 0 spiro atoms. The number of hydrogen-bond donors (Lipinski definition) is 1. The van der Waals surface area contributed by atoms with Gasteiger partial charge in [0.25, 0.3) is 0 Å². The lowest BCUT2D eigenvalue weighted by Gasteiger charge is -2.33. The molecule has 0 saturated carbocycles. The monoisotopic (exact) mass is 428 g/mol. The van der Waals surface area contributed by atoms with E-state index in [1.807, 2.05) is 38.1 Å². The van der Waals surface area contributed by atoms with E-state index in [9.17, 15) is 4.79 Å². The van der Waals surface area contributed by atoms with E-state index in [4.69, 9.17) is 4.42 Å². The van der Waals surface area contributed by atoms with E-state index in [-0.39, 0.29) is 11.8 Å². The molecule has 3 aromatic rings. The van der Waals surface area contributed by atoms with E-state index in [0.29, 0.717) is 12.3 Å². The number of rotatable bonds is 3. The van der Waals surface area contributed by atoms with E-state index < -0.39 is 0 Å². The molecule has 27 heavy (non-hydrogen) atoms. The van der Waals surface area contributed by atoms with Gasteiger partial charge in [-0.25, -0.2) is 9.97 Å². The Morgan fingerprint density at radius 2 is 2.19 bits per heavy atom. The SMILES string of the molecule is Cc1oc2ncnc(N3CCCC(C(=O)Nc4cccc(Br)c4)C3)c2c1C. The second-order valence-corrected chi connectivity index (χ2v) is 7.86. The molecule has 140 valence electrons. The van der Waals surface area contributed by atoms with Gasteiger partial charge < -0.3 is 14.6 Å². The molecule has 7 heteroatoms. The van der Waals surface area contributed by atoms with Crippen LogP contribution in [0.3, 0.4) is 0 Å². The first-order valence-electron chi connectivity index (χ1n) is 9.05. The lowest BCUT2D eigenvalue weighted by Crippen LogP contribution is -2.41. The summed E-state index contributed by atoms with van der Waals surface area (Å²) < 4.78 is 6.68. The summed E-state index contributed by atoms with van der Waals surface area (Å²) in [6, 6.07) is 7.65. The summed E-state index contributed by atoms with van der Waals surface area (Å²) >= 11 is 3.44. The van der Waals surface area contributed by atoms with Crippen molar-refractivity contribution in [2.75, 3.05) is 23.3 Å². The average Bonchev–Trinajstić information content (AvgIpc) is 2.96. The van der Waals surface area contributed by atoms with E-state index >= 15 is 0 Å². The number of nitrogens with one attached hydrogen (secondary N) is 1. The molecular formula is C20H21BrN4O2. The number of anilines is 2. The van der Waals surface area contributed by atoms with Crippen molar-refractivity contribution in [1.82, 2.24) is 9.97 Å². The Morgan fingerprint density at radius 1 is 1.33 bits per heavy atom. The Hall–Kier alpha value is -2.41. The molecule has 1 N–H and O–H groups in total. The third-order valence-electron chi connectivity index (χ3n) is 5.13. The summed E-state index contributed by atoms with van der Waals surface area (Å²) in [4.78, 5) is 23.7. The summed E-state index contributed by atoms with van der Waals surface area (Å²) in [5.74, 6) is 1.67. The molecule has 1 saturated heterocycles. The number of aromatic nitrogens is 2. The standard InChI is InChI=1S/C20H21BrN4O2/c1-12-13(2)27-20-17(12)18(22-11-23-20)25-8-4-5-14(10-25)19(26)24-16-7-3-6-15(21)9-16/h3,6-7,9,11,14H,4-5,8,10H2,1-2H3,(H,24,26). The highest BCUT2D eigenvalue weighted by atomic mass is 79.9. The fourth-order valence-corrected chi connectivity index (χ4v) is 4.00. The van der Waals surface area contributed by atoms with Crippen LogP contribution in [-0.2, 0) is 4.79 Å². The highest BCUT2D eigenvalue weighted by Gasteiger charge is 2.28. The highest BCUT2D eigenvalue weighted by Crippen LogP contribution is 2.32.